The van der Waals surface area contributed by atoms with Crippen molar-refractivity contribution in [2.45, 2.75) is 38.1 Å². The van der Waals surface area contributed by atoms with Gasteiger partial charge in [0.05, 0.1) is 6.61 Å². The number of hydrogen-bond acceptors (Lipinski definition) is 3. The van der Waals surface area contributed by atoms with E-state index in [1.54, 1.807) is 0 Å². The number of rotatable bonds is 4. The van der Waals surface area contributed by atoms with Crippen LogP contribution >= 0.6 is 0 Å². The van der Waals surface area contributed by atoms with Crippen LogP contribution < -0.4 is 11.1 Å². The quantitative estimate of drug-likeness (QED) is 0.734. The highest BCUT2D eigenvalue weighted by atomic mass is 16.5. The van der Waals surface area contributed by atoms with E-state index in [0.717, 1.165) is 32.2 Å². The molecule has 0 amide bonds. The first kappa shape index (κ1) is 11.4. The van der Waals surface area contributed by atoms with Crippen molar-refractivity contribution in [2.24, 2.45) is 17.6 Å². The molecule has 0 aromatic heterocycles. The topological polar surface area (TPSA) is 47.3 Å². The lowest BCUT2D eigenvalue weighted by Gasteiger charge is -2.32. The molecule has 1 aliphatic heterocycles. The molecular weight excluding hydrogens is 188 g/mol. The molecule has 3 heteroatoms. The van der Waals surface area contributed by atoms with E-state index in [4.69, 9.17) is 10.5 Å². The molecule has 1 saturated carbocycles. The molecule has 2 rings (SSSR count). The number of nitrogens with two attached hydrogens (primary N) is 1. The zero-order chi connectivity index (χ0) is 10.5. The first-order valence-electron chi connectivity index (χ1n) is 6.41. The second-order valence-corrected chi connectivity index (χ2v) is 5.02. The Balaban J connectivity index is 1.71. The van der Waals surface area contributed by atoms with Gasteiger partial charge in [-0.2, -0.15) is 0 Å². The summed E-state index contributed by atoms with van der Waals surface area (Å²) in [4.78, 5) is 0. The smallest absolute Gasteiger partial charge is 0.0507 e. The van der Waals surface area contributed by atoms with Crippen LogP contribution in [0.25, 0.3) is 0 Å². The molecule has 3 unspecified atom stereocenters. The van der Waals surface area contributed by atoms with Gasteiger partial charge in [0.15, 0.2) is 0 Å². The Bertz CT molecular complexity index is 180. The van der Waals surface area contributed by atoms with Crippen LogP contribution in [0.1, 0.15) is 32.1 Å². The van der Waals surface area contributed by atoms with Gasteiger partial charge in [0.2, 0.25) is 0 Å². The van der Waals surface area contributed by atoms with E-state index in [2.05, 4.69) is 5.32 Å². The van der Waals surface area contributed by atoms with Crippen LogP contribution in [0.2, 0.25) is 0 Å². The monoisotopic (exact) mass is 212 g/mol. The van der Waals surface area contributed by atoms with Gasteiger partial charge in [-0.15, -0.1) is 0 Å². The molecule has 3 N–H and O–H groups in total. The zero-order valence-corrected chi connectivity index (χ0v) is 9.58. The van der Waals surface area contributed by atoms with E-state index in [1.807, 2.05) is 0 Å². The fourth-order valence-corrected chi connectivity index (χ4v) is 2.82. The molecule has 0 aromatic rings. The van der Waals surface area contributed by atoms with Gasteiger partial charge < -0.3 is 15.8 Å². The number of hydrogen-bond donors (Lipinski definition) is 2. The summed E-state index contributed by atoms with van der Waals surface area (Å²) in [5.41, 5.74) is 5.81. The molecule has 1 heterocycles. The van der Waals surface area contributed by atoms with Gasteiger partial charge >= 0.3 is 0 Å². The van der Waals surface area contributed by atoms with Crippen molar-refractivity contribution in [3.63, 3.8) is 0 Å². The van der Waals surface area contributed by atoms with Crippen molar-refractivity contribution in [2.75, 3.05) is 26.3 Å². The highest BCUT2D eigenvalue weighted by Gasteiger charge is 2.25. The Morgan fingerprint density at radius 2 is 2.07 bits per heavy atom. The van der Waals surface area contributed by atoms with Gasteiger partial charge in [-0.05, 0) is 37.6 Å². The van der Waals surface area contributed by atoms with Crippen LogP contribution in [-0.2, 0) is 4.74 Å². The molecule has 2 aliphatic rings. The highest BCUT2D eigenvalue weighted by Crippen LogP contribution is 2.24. The Morgan fingerprint density at radius 3 is 2.80 bits per heavy atom. The van der Waals surface area contributed by atoms with Gasteiger partial charge in [-0.3, -0.25) is 0 Å². The summed E-state index contributed by atoms with van der Waals surface area (Å²) < 4.78 is 5.39. The maximum atomic E-state index is 5.81. The molecule has 88 valence electrons. The van der Waals surface area contributed by atoms with Crippen molar-refractivity contribution in [1.82, 2.24) is 5.32 Å². The molecule has 2 fully saturated rings. The maximum absolute atomic E-state index is 5.81. The first-order chi connectivity index (χ1) is 7.40. The third-order valence-electron chi connectivity index (χ3n) is 3.90. The molecule has 0 spiro atoms. The molecule has 1 aliphatic carbocycles. The lowest BCUT2D eigenvalue weighted by atomic mass is 9.84. The maximum Gasteiger partial charge on any atom is 0.0507 e. The molecule has 1 saturated heterocycles. The predicted octanol–water partition coefficient (Wildman–Crippen LogP) is 1.13. The van der Waals surface area contributed by atoms with E-state index >= 15 is 0 Å². The summed E-state index contributed by atoms with van der Waals surface area (Å²) in [6, 6.07) is 0.671. The van der Waals surface area contributed by atoms with Crippen LogP contribution in [0.3, 0.4) is 0 Å². The molecule has 0 aromatic carbocycles. The molecular formula is C12H24N2O. The van der Waals surface area contributed by atoms with Crippen LogP contribution in [0.4, 0.5) is 0 Å². The van der Waals surface area contributed by atoms with Crippen molar-refractivity contribution in [3.05, 3.63) is 0 Å². The normalized spacial score (nSPS) is 37.0. The summed E-state index contributed by atoms with van der Waals surface area (Å²) in [6.07, 6.45) is 6.60. The SMILES string of the molecule is NCC1CCCCC1NCC1CCOC1. The Hall–Kier alpha value is -0.120. The molecule has 15 heavy (non-hydrogen) atoms. The minimum absolute atomic E-state index is 0.671. The van der Waals surface area contributed by atoms with Crippen molar-refractivity contribution in [1.29, 1.82) is 0 Å². The van der Waals surface area contributed by atoms with Crippen molar-refractivity contribution < 1.29 is 4.74 Å². The van der Waals surface area contributed by atoms with Gasteiger partial charge in [0.25, 0.3) is 0 Å². The van der Waals surface area contributed by atoms with Crippen LogP contribution in [-0.4, -0.2) is 32.3 Å². The van der Waals surface area contributed by atoms with E-state index in [-0.39, 0.29) is 0 Å². The summed E-state index contributed by atoms with van der Waals surface area (Å²) in [5.74, 6) is 1.45. The lowest BCUT2D eigenvalue weighted by Crippen LogP contribution is -2.43. The predicted molar refractivity (Wildman–Crippen MR) is 61.7 cm³/mol. The summed E-state index contributed by atoms with van der Waals surface area (Å²) in [6.45, 7) is 3.88. The lowest BCUT2D eigenvalue weighted by molar-refractivity contribution is 0.181. The van der Waals surface area contributed by atoms with Gasteiger partial charge in [0.1, 0.15) is 0 Å². The van der Waals surface area contributed by atoms with Crippen molar-refractivity contribution >= 4 is 0 Å². The van der Waals surface area contributed by atoms with Crippen molar-refractivity contribution in [3.8, 4) is 0 Å². The second kappa shape index (κ2) is 5.83. The average molecular weight is 212 g/mol. The van der Waals surface area contributed by atoms with Gasteiger partial charge in [0, 0.05) is 19.2 Å². The number of nitrogens with one attached hydrogen (secondary N) is 1. The largest absolute Gasteiger partial charge is 0.381 e. The Morgan fingerprint density at radius 1 is 1.20 bits per heavy atom. The van der Waals surface area contributed by atoms with E-state index in [9.17, 15) is 0 Å². The Labute approximate surface area is 92.7 Å². The van der Waals surface area contributed by atoms with Gasteiger partial charge in [-0.1, -0.05) is 12.8 Å². The third-order valence-corrected chi connectivity index (χ3v) is 3.90. The fraction of sp³-hybridized carbons (Fsp3) is 1.00. The molecule has 0 bridgehead atoms. The minimum Gasteiger partial charge on any atom is -0.381 e. The van der Waals surface area contributed by atoms with Crippen LogP contribution in [0, 0.1) is 11.8 Å². The summed E-state index contributed by atoms with van der Waals surface area (Å²) in [7, 11) is 0. The summed E-state index contributed by atoms with van der Waals surface area (Å²) in [5, 5.41) is 3.70. The van der Waals surface area contributed by atoms with Crippen LogP contribution in [0.5, 0.6) is 0 Å². The molecule has 0 radical (unpaired) electrons. The Kier molecular flexibility index (Phi) is 4.42. The average Bonchev–Trinajstić information content (AvgIpc) is 2.79. The zero-order valence-electron chi connectivity index (χ0n) is 9.58. The van der Waals surface area contributed by atoms with Gasteiger partial charge in [-0.25, -0.2) is 0 Å². The third kappa shape index (κ3) is 3.16. The number of ether oxygens (including phenoxy) is 1. The van der Waals surface area contributed by atoms with E-state index in [0.29, 0.717) is 12.0 Å². The van der Waals surface area contributed by atoms with E-state index in [1.165, 1.54) is 32.1 Å². The van der Waals surface area contributed by atoms with E-state index < -0.39 is 0 Å². The van der Waals surface area contributed by atoms with Crippen LogP contribution in [0.15, 0.2) is 0 Å². The molecule has 3 nitrogen and oxygen atoms in total. The highest BCUT2D eigenvalue weighted by molar-refractivity contribution is 4.82. The first-order valence-corrected chi connectivity index (χ1v) is 6.41. The standard InChI is InChI=1S/C12H24N2O/c13-7-11-3-1-2-4-12(11)14-8-10-5-6-15-9-10/h10-12,14H,1-9,13H2. The summed E-state index contributed by atoms with van der Waals surface area (Å²) >= 11 is 0. The molecule has 3 atom stereocenters. The fourth-order valence-electron chi connectivity index (χ4n) is 2.82. The minimum atomic E-state index is 0.671. The second-order valence-electron chi connectivity index (χ2n) is 5.02.